The number of carbonyl (C=O) groups is 1. The molecule has 0 radical (unpaired) electrons. The van der Waals surface area contributed by atoms with E-state index in [0.29, 0.717) is 32.3 Å². The summed E-state index contributed by atoms with van der Waals surface area (Å²) in [5.74, 6) is 0.640. The molecule has 1 heterocycles. The van der Waals surface area contributed by atoms with Gasteiger partial charge in [-0.25, -0.2) is 0 Å². The lowest BCUT2D eigenvalue weighted by molar-refractivity contribution is -0.293. The SMILES string of the molecule is O=C(N[C@H]1C(OCc2ccccc2)O[C@H](COCc2ccccc2)[C@@H](OCc2ccccc2)[C@@H]1OCc1ccccc1)[C@@H]1C[C@H]2C=C[C@@H]1C2. The molecular formula is C42H45NO6. The molecular weight excluding hydrogens is 614 g/mol. The Morgan fingerprint density at radius 1 is 0.612 bits per heavy atom. The van der Waals surface area contributed by atoms with E-state index in [0.717, 1.165) is 35.1 Å². The van der Waals surface area contributed by atoms with Gasteiger partial charge in [-0.2, -0.15) is 0 Å². The van der Waals surface area contributed by atoms with E-state index in [9.17, 15) is 4.79 Å². The van der Waals surface area contributed by atoms with E-state index in [1.807, 2.05) is 121 Å². The van der Waals surface area contributed by atoms with E-state index in [1.165, 1.54) is 0 Å². The molecule has 2 fully saturated rings. The van der Waals surface area contributed by atoms with Crippen molar-refractivity contribution in [1.82, 2.24) is 5.32 Å². The minimum Gasteiger partial charge on any atom is -0.374 e. The van der Waals surface area contributed by atoms with Crippen molar-refractivity contribution in [2.75, 3.05) is 6.61 Å². The van der Waals surface area contributed by atoms with Crippen molar-refractivity contribution in [1.29, 1.82) is 0 Å². The summed E-state index contributed by atoms with van der Waals surface area (Å²) >= 11 is 0. The molecule has 1 saturated carbocycles. The second-order valence-corrected chi connectivity index (χ2v) is 13.3. The van der Waals surface area contributed by atoms with Crippen LogP contribution in [-0.2, 0) is 54.9 Å². The van der Waals surface area contributed by atoms with Crippen LogP contribution in [0.5, 0.6) is 0 Å². The van der Waals surface area contributed by atoms with Crippen LogP contribution in [0.3, 0.4) is 0 Å². The fourth-order valence-corrected chi connectivity index (χ4v) is 7.24. The highest BCUT2D eigenvalue weighted by atomic mass is 16.7. The number of fused-ring (bicyclic) bond motifs is 2. The van der Waals surface area contributed by atoms with Crippen molar-refractivity contribution < 1.29 is 28.5 Å². The zero-order valence-electron chi connectivity index (χ0n) is 27.7. The van der Waals surface area contributed by atoms with Gasteiger partial charge in [-0.15, -0.1) is 0 Å². The van der Waals surface area contributed by atoms with Gasteiger partial charge in [0.05, 0.1) is 33.0 Å². The van der Waals surface area contributed by atoms with Crippen molar-refractivity contribution in [3.05, 3.63) is 156 Å². The molecule has 49 heavy (non-hydrogen) atoms. The largest absolute Gasteiger partial charge is 0.374 e. The van der Waals surface area contributed by atoms with Gasteiger partial charge >= 0.3 is 0 Å². The van der Waals surface area contributed by atoms with Gasteiger partial charge in [-0.05, 0) is 46.9 Å². The number of benzene rings is 4. The van der Waals surface area contributed by atoms with E-state index in [1.54, 1.807) is 0 Å². The Hall–Kier alpha value is -4.11. The predicted molar refractivity (Wildman–Crippen MR) is 187 cm³/mol. The maximum Gasteiger partial charge on any atom is 0.224 e. The van der Waals surface area contributed by atoms with Crippen molar-refractivity contribution >= 4 is 5.91 Å². The molecule has 3 aliphatic rings. The van der Waals surface area contributed by atoms with Crippen LogP contribution in [0.25, 0.3) is 0 Å². The smallest absolute Gasteiger partial charge is 0.224 e. The maximum atomic E-state index is 14.1. The van der Waals surface area contributed by atoms with Crippen LogP contribution >= 0.6 is 0 Å². The second kappa shape index (κ2) is 16.5. The van der Waals surface area contributed by atoms with E-state index in [-0.39, 0.29) is 24.3 Å². The Labute approximate surface area is 289 Å². The first kappa shape index (κ1) is 33.4. The first-order valence-electron chi connectivity index (χ1n) is 17.4. The van der Waals surface area contributed by atoms with Gasteiger partial charge in [0, 0.05) is 5.92 Å². The van der Waals surface area contributed by atoms with Crippen molar-refractivity contribution in [2.24, 2.45) is 17.8 Å². The number of allylic oxidation sites excluding steroid dienone is 2. The molecule has 4 aromatic rings. The topological polar surface area (TPSA) is 75.3 Å². The zero-order valence-corrected chi connectivity index (χ0v) is 27.7. The van der Waals surface area contributed by atoms with E-state index >= 15 is 0 Å². The standard InChI is InChI=1S/C42H45NO6/c44-41(36-24-34-21-22-35(36)23-34)43-38-40(47-27-32-17-9-3-10-18-32)39(46-26-31-15-7-2-8-16-31)37(29-45-25-30-13-5-1-6-14-30)49-42(38)48-28-33-19-11-4-12-20-33/h1-22,34-40,42H,23-29H2,(H,43,44)/t34-,35+,36+,37+,38+,39+,40+,42?/m0/s1. The third kappa shape index (κ3) is 8.74. The Morgan fingerprint density at radius 3 is 1.63 bits per heavy atom. The van der Waals surface area contributed by atoms with Gasteiger partial charge in [0.25, 0.3) is 0 Å². The van der Waals surface area contributed by atoms with Crippen LogP contribution in [0.15, 0.2) is 133 Å². The van der Waals surface area contributed by atoms with Gasteiger partial charge < -0.3 is 29.0 Å². The molecule has 7 heteroatoms. The van der Waals surface area contributed by atoms with Crippen LogP contribution in [0.2, 0.25) is 0 Å². The predicted octanol–water partition coefficient (Wildman–Crippen LogP) is 7.01. The monoisotopic (exact) mass is 659 g/mol. The lowest BCUT2D eigenvalue weighted by Crippen LogP contribution is -2.66. The minimum atomic E-state index is -0.805. The van der Waals surface area contributed by atoms with Gasteiger partial charge in [0.2, 0.25) is 5.91 Å². The third-order valence-electron chi connectivity index (χ3n) is 9.79. The number of rotatable bonds is 15. The fraction of sp³-hybridized carbons (Fsp3) is 0.357. The van der Waals surface area contributed by atoms with E-state index < -0.39 is 30.6 Å². The normalized spacial score (nSPS) is 27.3. The summed E-state index contributed by atoms with van der Waals surface area (Å²) in [4.78, 5) is 14.1. The molecule has 1 amide bonds. The number of hydrogen-bond donors (Lipinski definition) is 1. The molecule has 2 aliphatic carbocycles. The summed E-state index contributed by atoms with van der Waals surface area (Å²) in [5, 5.41) is 3.38. The fourth-order valence-electron chi connectivity index (χ4n) is 7.24. The van der Waals surface area contributed by atoms with Gasteiger partial charge in [-0.1, -0.05) is 133 Å². The number of ether oxygens (including phenoxy) is 5. The average Bonchev–Trinajstić information content (AvgIpc) is 3.80. The van der Waals surface area contributed by atoms with Gasteiger partial charge in [0.15, 0.2) is 6.29 Å². The highest BCUT2D eigenvalue weighted by Gasteiger charge is 2.50. The van der Waals surface area contributed by atoms with Crippen LogP contribution in [0.4, 0.5) is 0 Å². The molecule has 8 atom stereocenters. The van der Waals surface area contributed by atoms with Crippen LogP contribution in [0.1, 0.15) is 35.1 Å². The molecule has 254 valence electrons. The molecule has 2 bridgehead atoms. The first-order chi connectivity index (χ1) is 24.2. The Balaban J connectivity index is 1.19. The third-order valence-corrected chi connectivity index (χ3v) is 9.79. The summed E-state index contributed by atoms with van der Waals surface area (Å²) in [6.07, 6.45) is 3.84. The summed E-state index contributed by atoms with van der Waals surface area (Å²) < 4.78 is 33.2. The zero-order chi connectivity index (χ0) is 33.3. The quantitative estimate of drug-likeness (QED) is 0.138. The number of carbonyl (C=O) groups excluding carboxylic acids is 1. The molecule has 1 N–H and O–H groups in total. The molecule has 0 aromatic heterocycles. The molecule has 7 nitrogen and oxygen atoms in total. The van der Waals surface area contributed by atoms with Crippen molar-refractivity contribution in [3.63, 3.8) is 0 Å². The molecule has 1 unspecified atom stereocenters. The van der Waals surface area contributed by atoms with E-state index in [2.05, 4.69) is 17.5 Å². The van der Waals surface area contributed by atoms with Gasteiger partial charge in [0.1, 0.15) is 24.4 Å². The maximum absolute atomic E-state index is 14.1. The average molecular weight is 660 g/mol. The van der Waals surface area contributed by atoms with E-state index in [4.69, 9.17) is 23.7 Å². The molecule has 1 saturated heterocycles. The van der Waals surface area contributed by atoms with Crippen molar-refractivity contribution in [2.45, 2.75) is 69.9 Å². The number of amides is 1. The number of hydrogen-bond acceptors (Lipinski definition) is 6. The molecule has 1 aliphatic heterocycles. The highest BCUT2D eigenvalue weighted by Crippen LogP contribution is 2.43. The lowest BCUT2D eigenvalue weighted by Gasteiger charge is -2.46. The highest BCUT2D eigenvalue weighted by molar-refractivity contribution is 5.80. The Bertz CT molecular complexity index is 1620. The summed E-state index contributed by atoms with van der Waals surface area (Å²) in [5.41, 5.74) is 4.14. The first-order valence-corrected chi connectivity index (χ1v) is 17.4. The molecule has 0 spiro atoms. The number of nitrogens with one attached hydrogen (secondary N) is 1. The second-order valence-electron chi connectivity index (χ2n) is 13.3. The summed E-state index contributed by atoms with van der Waals surface area (Å²) in [6.45, 7) is 1.68. The summed E-state index contributed by atoms with van der Waals surface area (Å²) in [6, 6.07) is 39.6. The van der Waals surface area contributed by atoms with Crippen molar-refractivity contribution in [3.8, 4) is 0 Å². The molecule has 4 aromatic carbocycles. The van der Waals surface area contributed by atoms with Crippen LogP contribution in [0, 0.1) is 17.8 Å². The summed E-state index contributed by atoms with van der Waals surface area (Å²) in [7, 11) is 0. The Kier molecular flexibility index (Phi) is 11.3. The minimum absolute atomic E-state index is 0.00709. The van der Waals surface area contributed by atoms with Crippen LogP contribution < -0.4 is 5.32 Å². The van der Waals surface area contributed by atoms with Gasteiger partial charge in [-0.3, -0.25) is 4.79 Å². The van der Waals surface area contributed by atoms with Crippen LogP contribution in [-0.4, -0.2) is 43.2 Å². The lowest BCUT2D eigenvalue weighted by atomic mass is 9.91. The Morgan fingerprint density at radius 2 is 1.12 bits per heavy atom. The molecule has 7 rings (SSSR count).